The van der Waals surface area contributed by atoms with Crippen molar-refractivity contribution < 1.29 is 47.6 Å². The van der Waals surface area contributed by atoms with Crippen LogP contribution < -0.4 is 31.6 Å². The van der Waals surface area contributed by atoms with Crippen molar-refractivity contribution in [2.75, 3.05) is 27.4 Å². The number of hydrogen-bond donors (Lipinski definition) is 4. The van der Waals surface area contributed by atoms with Crippen LogP contribution in [0.25, 0.3) is 11.4 Å². The van der Waals surface area contributed by atoms with Crippen molar-refractivity contribution in [2.24, 2.45) is 23.3 Å². The molecular formula is C42H56N4O10. The Morgan fingerprint density at radius 1 is 0.679 bits per heavy atom. The van der Waals surface area contributed by atoms with Gasteiger partial charge >= 0.3 is 11.9 Å². The summed E-state index contributed by atoms with van der Waals surface area (Å²) < 4.78 is 33.8. The maximum absolute atomic E-state index is 13.0. The van der Waals surface area contributed by atoms with E-state index in [1.165, 1.54) is 26.7 Å². The molecule has 4 unspecified atom stereocenters. The molecule has 0 bridgehead atoms. The third kappa shape index (κ3) is 14.8. The molecule has 0 heterocycles. The molecular weight excluding hydrogens is 720 g/mol. The second-order valence-corrected chi connectivity index (χ2v) is 13.2. The van der Waals surface area contributed by atoms with E-state index < -0.39 is 36.2 Å². The standard InChI is InChI=1S/C42H56N4O10/c1-9-11-31-19-29(33(21-51-7)45-25-47)13-15-35(31)53-23-37(41(43)27(3)4)55-39(49)17-18-40(50)56-38(42(44)28(5)6)24-54-36-16-14-30(20-32(36)12-10-2)34(22-52-8)46-26-48/h9-10,13-22,25-28,37-38,41-42H,1-2,11-12,23-24,43-44H2,3-8H3,(H,45,47)(H,46,48)/b18-17+,33-21?,34-22?. The number of hydrogen-bond acceptors (Lipinski definition) is 12. The minimum absolute atomic E-state index is 0.0880. The van der Waals surface area contributed by atoms with Crippen LogP contribution in [0.3, 0.4) is 0 Å². The molecule has 0 aliphatic heterocycles. The summed E-state index contributed by atoms with van der Waals surface area (Å²) in [5, 5.41) is 5.21. The van der Waals surface area contributed by atoms with Crippen molar-refractivity contribution in [3.05, 3.63) is 109 Å². The third-order valence-electron chi connectivity index (χ3n) is 8.47. The van der Waals surface area contributed by atoms with Crippen molar-refractivity contribution in [1.29, 1.82) is 0 Å². The minimum atomic E-state index is -0.887. The van der Waals surface area contributed by atoms with E-state index in [4.69, 9.17) is 39.9 Å². The fraction of sp³-hybridized carbons (Fsp3) is 0.381. The van der Waals surface area contributed by atoms with E-state index in [1.54, 1.807) is 36.4 Å². The maximum atomic E-state index is 13.0. The van der Waals surface area contributed by atoms with E-state index in [1.807, 2.05) is 39.8 Å². The van der Waals surface area contributed by atoms with Gasteiger partial charge in [-0.1, -0.05) is 39.8 Å². The molecule has 2 aromatic carbocycles. The summed E-state index contributed by atoms with van der Waals surface area (Å²) in [6.45, 7) is 15.0. The Morgan fingerprint density at radius 2 is 1.05 bits per heavy atom. The summed E-state index contributed by atoms with van der Waals surface area (Å²) in [5.74, 6) is -0.841. The Labute approximate surface area is 329 Å². The molecule has 0 aliphatic rings. The van der Waals surface area contributed by atoms with E-state index in [9.17, 15) is 19.2 Å². The van der Waals surface area contributed by atoms with Gasteiger partial charge in [0.15, 0.2) is 12.2 Å². The quantitative estimate of drug-likeness (QED) is 0.0347. The first-order valence-electron chi connectivity index (χ1n) is 18.0. The smallest absolute Gasteiger partial charge is 0.331 e. The molecule has 2 amide bonds. The van der Waals surface area contributed by atoms with Crippen LogP contribution in [0.1, 0.15) is 49.9 Å². The highest BCUT2D eigenvalue weighted by atomic mass is 16.6. The van der Waals surface area contributed by atoms with Gasteiger partial charge in [-0.05, 0) is 72.2 Å². The first kappa shape index (κ1) is 46.3. The molecule has 4 atom stereocenters. The molecule has 14 nitrogen and oxygen atoms in total. The lowest BCUT2D eigenvalue weighted by Crippen LogP contribution is -2.45. The van der Waals surface area contributed by atoms with Crippen LogP contribution in [-0.2, 0) is 51.0 Å². The molecule has 0 radical (unpaired) electrons. The average Bonchev–Trinajstić information content (AvgIpc) is 3.17. The van der Waals surface area contributed by atoms with Gasteiger partial charge < -0.3 is 50.5 Å². The van der Waals surface area contributed by atoms with Gasteiger partial charge in [0.25, 0.3) is 0 Å². The second-order valence-electron chi connectivity index (χ2n) is 13.2. The molecule has 304 valence electrons. The van der Waals surface area contributed by atoms with Gasteiger partial charge in [-0.25, -0.2) is 9.59 Å². The van der Waals surface area contributed by atoms with Crippen LogP contribution in [-0.4, -0.2) is 76.5 Å². The first-order valence-corrected chi connectivity index (χ1v) is 18.0. The van der Waals surface area contributed by atoms with E-state index in [0.717, 1.165) is 23.3 Å². The number of ether oxygens (including phenoxy) is 6. The van der Waals surface area contributed by atoms with Crippen molar-refractivity contribution in [3.63, 3.8) is 0 Å². The van der Waals surface area contributed by atoms with Crippen molar-refractivity contribution in [2.45, 2.75) is 64.8 Å². The highest BCUT2D eigenvalue weighted by molar-refractivity contribution is 5.91. The van der Waals surface area contributed by atoms with Crippen LogP contribution in [0.2, 0.25) is 0 Å². The Hall–Kier alpha value is -5.86. The maximum Gasteiger partial charge on any atom is 0.331 e. The zero-order valence-corrected chi connectivity index (χ0v) is 33.0. The van der Waals surface area contributed by atoms with Gasteiger partial charge in [-0.2, -0.15) is 0 Å². The fourth-order valence-corrected chi connectivity index (χ4v) is 5.30. The second kappa shape index (κ2) is 24.5. The highest BCUT2D eigenvalue weighted by Crippen LogP contribution is 2.27. The van der Waals surface area contributed by atoms with Crippen LogP contribution in [0.4, 0.5) is 0 Å². The molecule has 0 saturated heterocycles. The fourth-order valence-electron chi connectivity index (χ4n) is 5.30. The van der Waals surface area contributed by atoms with Crippen molar-refractivity contribution in [3.8, 4) is 11.5 Å². The molecule has 0 aromatic heterocycles. The molecule has 0 saturated carbocycles. The van der Waals surface area contributed by atoms with Gasteiger partial charge in [-0.15, -0.1) is 13.2 Å². The van der Waals surface area contributed by atoms with Gasteiger partial charge in [-0.3, -0.25) is 9.59 Å². The number of rotatable bonds is 26. The van der Waals surface area contributed by atoms with Crippen LogP contribution in [0, 0.1) is 11.8 Å². The lowest BCUT2D eigenvalue weighted by atomic mass is 10.00. The van der Waals surface area contributed by atoms with Crippen molar-refractivity contribution >= 4 is 36.2 Å². The number of allylic oxidation sites excluding steroid dienone is 2. The number of nitrogens with one attached hydrogen (secondary N) is 2. The van der Waals surface area contributed by atoms with Gasteiger partial charge in [0, 0.05) is 35.4 Å². The molecule has 2 rings (SSSR count). The molecule has 6 N–H and O–H groups in total. The largest absolute Gasteiger partial charge is 0.502 e. The predicted octanol–water partition coefficient (Wildman–Crippen LogP) is 4.33. The number of amides is 2. The number of benzene rings is 2. The number of esters is 2. The average molecular weight is 777 g/mol. The van der Waals surface area contributed by atoms with Crippen molar-refractivity contribution in [1.82, 2.24) is 10.6 Å². The third-order valence-corrected chi connectivity index (χ3v) is 8.47. The SMILES string of the molecule is C=CCc1cc(C(=COC)NC=O)ccc1OCC(OC(=O)/C=C/C(=O)OC(COc1ccc(C(=COC)NC=O)cc1CC=C)C(N)C(C)C)C(N)C(C)C. The molecule has 0 aliphatic carbocycles. The molecule has 0 spiro atoms. The van der Waals surface area contributed by atoms with Crippen LogP contribution in [0.15, 0.2) is 86.4 Å². The van der Waals surface area contributed by atoms with Gasteiger partial charge in [0.1, 0.15) is 37.2 Å². The topological polar surface area (TPSA) is 200 Å². The predicted molar refractivity (Wildman–Crippen MR) is 215 cm³/mol. The monoisotopic (exact) mass is 776 g/mol. The Bertz CT molecular complexity index is 1600. The summed E-state index contributed by atoms with van der Waals surface area (Å²) in [4.78, 5) is 48.2. The van der Waals surface area contributed by atoms with Gasteiger partial charge in [0.2, 0.25) is 12.8 Å². The number of carbonyl (C=O) groups is 4. The summed E-state index contributed by atoms with van der Waals surface area (Å²) in [6.07, 6.45) is 8.35. The summed E-state index contributed by atoms with van der Waals surface area (Å²) in [7, 11) is 2.94. The number of carbonyl (C=O) groups excluding carboxylic acids is 4. The van der Waals surface area contributed by atoms with Crippen LogP contribution in [0.5, 0.6) is 11.5 Å². The number of methoxy groups -OCH3 is 2. The molecule has 0 fully saturated rings. The Balaban J connectivity index is 2.21. The summed E-state index contributed by atoms with van der Waals surface area (Å²) in [6, 6.07) is 9.36. The summed E-state index contributed by atoms with van der Waals surface area (Å²) in [5.41, 5.74) is 16.6. The molecule has 56 heavy (non-hydrogen) atoms. The van der Waals surface area contributed by atoms with E-state index >= 15 is 0 Å². The normalized spacial score (nSPS) is 13.9. The molecule has 2 aromatic rings. The lowest BCUT2D eigenvalue weighted by Gasteiger charge is -2.27. The Morgan fingerprint density at radius 3 is 1.36 bits per heavy atom. The minimum Gasteiger partial charge on any atom is -0.502 e. The Kier molecular flexibility index (Phi) is 20.3. The lowest BCUT2D eigenvalue weighted by molar-refractivity contribution is -0.149. The summed E-state index contributed by atoms with van der Waals surface area (Å²) >= 11 is 0. The van der Waals surface area contributed by atoms with Crippen LogP contribution >= 0.6 is 0 Å². The first-order chi connectivity index (χ1) is 26.8. The van der Waals surface area contributed by atoms with E-state index in [2.05, 4.69) is 23.8 Å². The number of nitrogens with two attached hydrogens (primary N) is 2. The van der Waals surface area contributed by atoms with Gasteiger partial charge in [0.05, 0.1) is 25.6 Å². The zero-order chi connectivity index (χ0) is 41.6. The highest BCUT2D eigenvalue weighted by Gasteiger charge is 2.27. The zero-order valence-electron chi connectivity index (χ0n) is 33.0. The van der Waals surface area contributed by atoms with E-state index in [-0.39, 0.29) is 25.0 Å². The molecule has 14 heteroatoms. The van der Waals surface area contributed by atoms with E-state index in [0.29, 0.717) is 59.7 Å².